The number of hydrogen-bond acceptors (Lipinski definition) is 4. The molecule has 34 heavy (non-hydrogen) atoms. The van der Waals surface area contributed by atoms with Crippen molar-refractivity contribution in [3.63, 3.8) is 0 Å². The summed E-state index contributed by atoms with van der Waals surface area (Å²) >= 11 is 12.2. The summed E-state index contributed by atoms with van der Waals surface area (Å²) in [6.07, 6.45) is 2.98. The van der Waals surface area contributed by atoms with E-state index in [1.165, 1.54) is 13.2 Å². The zero-order valence-electron chi connectivity index (χ0n) is 18.0. The van der Waals surface area contributed by atoms with Crippen LogP contribution in [0.1, 0.15) is 5.56 Å². The summed E-state index contributed by atoms with van der Waals surface area (Å²) in [5.74, 6) is 0.649. The second-order valence-corrected chi connectivity index (χ2v) is 8.40. The molecule has 5 aromatic rings. The van der Waals surface area contributed by atoms with Gasteiger partial charge in [0.1, 0.15) is 11.3 Å². The number of nitrogens with zero attached hydrogens (tertiary/aromatic N) is 1. The van der Waals surface area contributed by atoms with Crippen LogP contribution in [0, 0.1) is 0 Å². The van der Waals surface area contributed by atoms with Gasteiger partial charge in [-0.05, 0) is 53.2 Å². The monoisotopic (exact) mass is 488 g/mol. The summed E-state index contributed by atoms with van der Waals surface area (Å²) in [5, 5.41) is 5.83. The van der Waals surface area contributed by atoms with Crippen molar-refractivity contribution in [2.24, 2.45) is 0 Å². The minimum absolute atomic E-state index is 0.324. The highest BCUT2D eigenvalue weighted by Gasteiger charge is 2.12. The SMILES string of the molecule is COc1c(Cl)cc(Cl)cc1C=CC(=O)Nc1ccc2oc(-c3cccc4ccccc34)nc2c1. The zero-order chi connectivity index (χ0) is 23.7. The van der Waals surface area contributed by atoms with Gasteiger partial charge in [0.15, 0.2) is 5.58 Å². The van der Waals surface area contributed by atoms with E-state index in [9.17, 15) is 4.79 Å². The van der Waals surface area contributed by atoms with Gasteiger partial charge in [-0.2, -0.15) is 0 Å². The molecule has 5 rings (SSSR count). The number of amides is 1. The number of nitrogens with one attached hydrogen (secondary N) is 1. The molecule has 168 valence electrons. The third-order valence-electron chi connectivity index (χ3n) is 5.33. The number of carbonyl (C=O) groups excluding carboxylic acids is 1. The fourth-order valence-electron chi connectivity index (χ4n) is 3.80. The first-order valence-electron chi connectivity index (χ1n) is 10.4. The second kappa shape index (κ2) is 9.21. The molecular weight excluding hydrogens is 471 g/mol. The number of anilines is 1. The number of rotatable bonds is 5. The van der Waals surface area contributed by atoms with Crippen LogP contribution in [-0.4, -0.2) is 18.0 Å². The van der Waals surface area contributed by atoms with Crippen molar-refractivity contribution in [3.8, 4) is 17.2 Å². The summed E-state index contributed by atoms with van der Waals surface area (Å²) in [5.41, 5.74) is 3.39. The summed E-state index contributed by atoms with van der Waals surface area (Å²) < 4.78 is 11.3. The Morgan fingerprint density at radius 3 is 2.71 bits per heavy atom. The van der Waals surface area contributed by atoms with E-state index in [2.05, 4.69) is 22.4 Å². The third kappa shape index (κ3) is 4.36. The van der Waals surface area contributed by atoms with Crippen molar-refractivity contribution in [1.82, 2.24) is 4.98 Å². The van der Waals surface area contributed by atoms with Crippen LogP contribution in [0.2, 0.25) is 10.0 Å². The Bertz CT molecular complexity index is 1570. The molecule has 0 unspecified atom stereocenters. The molecule has 0 saturated carbocycles. The van der Waals surface area contributed by atoms with Crippen LogP contribution >= 0.6 is 23.2 Å². The van der Waals surface area contributed by atoms with Crippen molar-refractivity contribution in [1.29, 1.82) is 0 Å². The molecule has 0 spiro atoms. The number of methoxy groups -OCH3 is 1. The van der Waals surface area contributed by atoms with Gasteiger partial charge in [0, 0.05) is 27.9 Å². The number of ether oxygens (including phenoxy) is 1. The molecule has 0 radical (unpaired) electrons. The Labute approximate surface area is 205 Å². The van der Waals surface area contributed by atoms with Gasteiger partial charge in [-0.15, -0.1) is 0 Å². The molecule has 5 nitrogen and oxygen atoms in total. The molecule has 0 aliphatic rings. The number of aromatic nitrogens is 1. The molecule has 1 heterocycles. The van der Waals surface area contributed by atoms with Gasteiger partial charge in [-0.1, -0.05) is 59.6 Å². The topological polar surface area (TPSA) is 64.4 Å². The largest absolute Gasteiger partial charge is 0.495 e. The number of benzene rings is 4. The van der Waals surface area contributed by atoms with Crippen LogP contribution in [0.25, 0.3) is 39.4 Å². The molecule has 0 fully saturated rings. The Morgan fingerprint density at radius 1 is 1.03 bits per heavy atom. The summed E-state index contributed by atoms with van der Waals surface area (Å²) in [6.45, 7) is 0. The number of carbonyl (C=O) groups is 1. The fourth-order valence-corrected chi connectivity index (χ4v) is 4.39. The lowest BCUT2D eigenvalue weighted by Crippen LogP contribution is -2.07. The van der Waals surface area contributed by atoms with Gasteiger partial charge in [0.05, 0.1) is 12.1 Å². The minimum Gasteiger partial charge on any atom is -0.495 e. The molecule has 0 aliphatic carbocycles. The molecule has 1 aromatic heterocycles. The van der Waals surface area contributed by atoms with Crippen LogP contribution in [0.5, 0.6) is 5.75 Å². The van der Waals surface area contributed by atoms with Crippen molar-refractivity contribution >= 4 is 62.7 Å². The van der Waals surface area contributed by atoms with Crippen LogP contribution in [0.15, 0.2) is 83.3 Å². The predicted octanol–water partition coefficient (Wildman–Crippen LogP) is 7.62. The Hall–Kier alpha value is -3.80. The van der Waals surface area contributed by atoms with Gasteiger partial charge in [-0.3, -0.25) is 4.79 Å². The third-order valence-corrected chi connectivity index (χ3v) is 5.83. The van der Waals surface area contributed by atoms with Gasteiger partial charge < -0.3 is 14.5 Å². The summed E-state index contributed by atoms with van der Waals surface area (Å²) in [4.78, 5) is 17.2. The van der Waals surface area contributed by atoms with E-state index in [0.717, 1.165) is 16.3 Å². The molecule has 7 heteroatoms. The molecular formula is C27H18Cl2N2O3. The number of oxazole rings is 1. The Kier molecular flexibility index (Phi) is 5.97. The lowest BCUT2D eigenvalue weighted by molar-refractivity contribution is -0.111. The minimum atomic E-state index is -0.324. The first kappa shape index (κ1) is 22.0. The van der Waals surface area contributed by atoms with Crippen molar-refractivity contribution in [3.05, 3.63) is 94.5 Å². The maximum Gasteiger partial charge on any atom is 0.248 e. The van der Waals surface area contributed by atoms with Crippen LogP contribution in [0.3, 0.4) is 0 Å². The normalized spacial score (nSPS) is 11.4. The summed E-state index contributed by atoms with van der Waals surface area (Å²) in [6, 6.07) is 22.7. The van der Waals surface area contributed by atoms with E-state index in [-0.39, 0.29) is 5.91 Å². The average Bonchev–Trinajstić information content (AvgIpc) is 3.25. The molecule has 0 bridgehead atoms. The number of halogens is 2. The van der Waals surface area contributed by atoms with Gasteiger partial charge >= 0.3 is 0 Å². The molecule has 0 saturated heterocycles. The molecule has 1 amide bonds. The molecule has 4 aromatic carbocycles. The first-order chi connectivity index (χ1) is 16.5. The maximum absolute atomic E-state index is 12.5. The Balaban J connectivity index is 1.39. The Morgan fingerprint density at radius 2 is 1.85 bits per heavy atom. The molecule has 0 aliphatic heterocycles. The quantitative estimate of drug-likeness (QED) is 0.258. The average molecular weight is 489 g/mol. The fraction of sp³-hybridized carbons (Fsp3) is 0.0370. The zero-order valence-corrected chi connectivity index (χ0v) is 19.5. The highest BCUT2D eigenvalue weighted by atomic mass is 35.5. The van der Waals surface area contributed by atoms with E-state index in [4.69, 9.17) is 32.4 Å². The van der Waals surface area contributed by atoms with E-state index < -0.39 is 0 Å². The van der Waals surface area contributed by atoms with Crippen molar-refractivity contribution in [2.45, 2.75) is 0 Å². The standard InChI is InChI=1S/C27H18Cl2N2O3/c1-33-26-17(13-18(28)14-22(26)29)9-12-25(32)30-19-10-11-24-23(15-19)31-27(34-24)21-8-4-6-16-5-2-3-7-20(16)21/h2-15H,1H3,(H,30,32). The van der Waals surface area contributed by atoms with E-state index >= 15 is 0 Å². The number of hydrogen-bond donors (Lipinski definition) is 1. The van der Waals surface area contributed by atoms with Crippen LogP contribution in [0.4, 0.5) is 5.69 Å². The van der Waals surface area contributed by atoms with E-state index in [1.807, 2.05) is 30.3 Å². The highest BCUT2D eigenvalue weighted by molar-refractivity contribution is 6.36. The van der Waals surface area contributed by atoms with Crippen LogP contribution in [-0.2, 0) is 4.79 Å². The lowest BCUT2D eigenvalue weighted by atomic mass is 10.0. The van der Waals surface area contributed by atoms with Gasteiger partial charge in [-0.25, -0.2) is 4.98 Å². The molecule has 0 atom stereocenters. The summed E-state index contributed by atoms with van der Waals surface area (Å²) in [7, 11) is 1.51. The number of fused-ring (bicyclic) bond motifs is 2. The smallest absolute Gasteiger partial charge is 0.248 e. The second-order valence-electron chi connectivity index (χ2n) is 7.56. The first-order valence-corrected chi connectivity index (χ1v) is 11.2. The molecule has 1 N–H and O–H groups in total. The predicted molar refractivity (Wildman–Crippen MR) is 138 cm³/mol. The van der Waals surface area contributed by atoms with E-state index in [0.29, 0.717) is 44.0 Å². The lowest BCUT2D eigenvalue weighted by Gasteiger charge is -2.08. The van der Waals surface area contributed by atoms with Gasteiger partial charge in [0.2, 0.25) is 11.8 Å². The highest BCUT2D eigenvalue weighted by Crippen LogP contribution is 2.33. The van der Waals surface area contributed by atoms with Gasteiger partial charge in [0.25, 0.3) is 0 Å². The maximum atomic E-state index is 12.5. The van der Waals surface area contributed by atoms with Crippen molar-refractivity contribution < 1.29 is 13.9 Å². The van der Waals surface area contributed by atoms with Crippen LogP contribution < -0.4 is 10.1 Å². The van der Waals surface area contributed by atoms with E-state index in [1.54, 1.807) is 36.4 Å². The van der Waals surface area contributed by atoms with Crippen molar-refractivity contribution in [2.75, 3.05) is 12.4 Å².